The molecule has 2 aliphatic rings. The molecule has 1 fully saturated rings. The highest BCUT2D eigenvalue weighted by Crippen LogP contribution is 2.23. The number of rotatable bonds is 2. The summed E-state index contributed by atoms with van der Waals surface area (Å²) in [5.41, 5.74) is 3.93. The van der Waals surface area contributed by atoms with Crippen LogP contribution < -0.4 is 4.90 Å². The molecule has 7 heteroatoms. The maximum atomic E-state index is 11.8. The van der Waals surface area contributed by atoms with Gasteiger partial charge in [-0.3, -0.25) is 4.79 Å². The largest absolute Gasteiger partial charge is 0.465 e. The Hall–Kier alpha value is -2.83. The summed E-state index contributed by atoms with van der Waals surface area (Å²) in [5.74, 6) is 0.182. The summed E-state index contributed by atoms with van der Waals surface area (Å²) in [5, 5.41) is 13.8. The normalized spacial score (nSPS) is 17.5. The molecule has 2 aliphatic heterocycles. The third-order valence-corrected chi connectivity index (χ3v) is 4.92. The minimum atomic E-state index is -0.870. The van der Waals surface area contributed by atoms with E-state index in [9.17, 15) is 9.59 Å². The second kappa shape index (κ2) is 6.23. The van der Waals surface area contributed by atoms with Crippen molar-refractivity contribution in [2.24, 2.45) is 0 Å². The lowest BCUT2D eigenvalue weighted by atomic mass is 10.2. The van der Waals surface area contributed by atoms with Crippen molar-refractivity contribution in [2.75, 3.05) is 24.5 Å². The summed E-state index contributed by atoms with van der Waals surface area (Å²) in [7, 11) is 0. The van der Waals surface area contributed by atoms with Crippen LogP contribution in [-0.2, 0) is 17.6 Å². The van der Waals surface area contributed by atoms with E-state index in [1.54, 1.807) is 0 Å². The first-order valence-electron chi connectivity index (χ1n) is 8.58. The number of aromatic nitrogens is 2. The molecule has 1 N–H and O–H groups in total. The summed E-state index contributed by atoms with van der Waals surface area (Å²) in [6, 6.07) is 7.85. The monoisotopic (exact) mass is 340 g/mol. The third kappa shape index (κ3) is 2.97. The highest BCUT2D eigenvalue weighted by Gasteiger charge is 2.22. The Bertz CT molecular complexity index is 787. The van der Waals surface area contributed by atoms with Crippen LogP contribution in [0.25, 0.3) is 5.69 Å². The SMILES string of the molecule is O=C(O)N1CCc2cn(-c3ccc(N4CCCC4=O)cc3)nc2CC1. The van der Waals surface area contributed by atoms with Gasteiger partial charge in [0.15, 0.2) is 0 Å². The highest BCUT2D eigenvalue weighted by molar-refractivity contribution is 5.95. The first-order chi connectivity index (χ1) is 12.1. The number of carbonyl (C=O) groups is 2. The van der Waals surface area contributed by atoms with Gasteiger partial charge in [-0.25, -0.2) is 9.48 Å². The molecule has 0 atom stereocenters. The molecular weight excluding hydrogens is 320 g/mol. The van der Waals surface area contributed by atoms with Crippen molar-refractivity contribution in [3.8, 4) is 5.69 Å². The highest BCUT2D eigenvalue weighted by atomic mass is 16.4. The Morgan fingerprint density at radius 1 is 1.00 bits per heavy atom. The fourth-order valence-electron chi connectivity index (χ4n) is 3.50. The van der Waals surface area contributed by atoms with Crippen LogP contribution in [0.3, 0.4) is 0 Å². The summed E-state index contributed by atoms with van der Waals surface area (Å²) in [6.45, 7) is 1.77. The van der Waals surface area contributed by atoms with Gasteiger partial charge in [-0.1, -0.05) is 0 Å². The summed E-state index contributed by atoms with van der Waals surface area (Å²) >= 11 is 0. The van der Waals surface area contributed by atoms with E-state index in [4.69, 9.17) is 5.11 Å². The minimum Gasteiger partial charge on any atom is -0.465 e. The molecule has 2 amide bonds. The molecule has 0 saturated carbocycles. The maximum Gasteiger partial charge on any atom is 0.407 e. The zero-order valence-corrected chi connectivity index (χ0v) is 13.9. The lowest BCUT2D eigenvalue weighted by Gasteiger charge is -2.16. The van der Waals surface area contributed by atoms with Gasteiger partial charge in [-0.2, -0.15) is 5.10 Å². The number of hydrogen-bond acceptors (Lipinski definition) is 3. The van der Waals surface area contributed by atoms with Crippen molar-refractivity contribution in [3.63, 3.8) is 0 Å². The second-order valence-corrected chi connectivity index (χ2v) is 6.48. The molecular formula is C18H20N4O3. The van der Waals surface area contributed by atoms with E-state index in [0.29, 0.717) is 32.4 Å². The van der Waals surface area contributed by atoms with Gasteiger partial charge in [0.1, 0.15) is 0 Å². The van der Waals surface area contributed by atoms with E-state index in [1.165, 1.54) is 4.90 Å². The number of nitrogens with zero attached hydrogens (tertiary/aromatic N) is 4. The van der Waals surface area contributed by atoms with Crippen LogP contribution in [0.5, 0.6) is 0 Å². The summed E-state index contributed by atoms with van der Waals surface area (Å²) in [6.07, 6.45) is 3.97. The van der Waals surface area contributed by atoms with Crippen LogP contribution >= 0.6 is 0 Å². The first-order valence-corrected chi connectivity index (χ1v) is 8.58. The van der Waals surface area contributed by atoms with Crippen LogP contribution in [0.1, 0.15) is 24.1 Å². The number of fused-ring (bicyclic) bond motifs is 1. The zero-order valence-electron chi connectivity index (χ0n) is 13.9. The molecule has 130 valence electrons. The molecule has 0 aliphatic carbocycles. The van der Waals surface area contributed by atoms with Gasteiger partial charge in [-0.05, 0) is 42.7 Å². The second-order valence-electron chi connectivity index (χ2n) is 6.48. The zero-order chi connectivity index (χ0) is 17.4. The van der Waals surface area contributed by atoms with Crippen LogP contribution in [0.4, 0.5) is 10.5 Å². The molecule has 1 aromatic carbocycles. The van der Waals surface area contributed by atoms with Gasteiger partial charge in [0.25, 0.3) is 0 Å². The average Bonchev–Trinajstić information content (AvgIpc) is 3.16. The quantitative estimate of drug-likeness (QED) is 0.908. The van der Waals surface area contributed by atoms with Gasteiger partial charge in [0.05, 0.1) is 11.4 Å². The third-order valence-electron chi connectivity index (χ3n) is 4.92. The van der Waals surface area contributed by atoms with Crippen molar-refractivity contribution in [1.29, 1.82) is 0 Å². The Morgan fingerprint density at radius 3 is 2.40 bits per heavy atom. The lowest BCUT2D eigenvalue weighted by Crippen LogP contribution is -2.31. The van der Waals surface area contributed by atoms with Crippen molar-refractivity contribution in [3.05, 3.63) is 41.7 Å². The van der Waals surface area contributed by atoms with Gasteiger partial charge >= 0.3 is 6.09 Å². The predicted octanol–water partition coefficient (Wildman–Crippen LogP) is 2.08. The van der Waals surface area contributed by atoms with E-state index >= 15 is 0 Å². The van der Waals surface area contributed by atoms with Gasteiger partial charge < -0.3 is 14.9 Å². The molecule has 0 unspecified atom stereocenters. The minimum absolute atomic E-state index is 0.182. The molecule has 1 aromatic heterocycles. The Morgan fingerprint density at radius 2 is 1.72 bits per heavy atom. The smallest absolute Gasteiger partial charge is 0.407 e. The van der Waals surface area contributed by atoms with Gasteiger partial charge in [0.2, 0.25) is 5.91 Å². The molecule has 0 radical (unpaired) electrons. The predicted molar refractivity (Wildman–Crippen MR) is 92.2 cm³/mol. The lowest BCUT2D eigenvalue weighted by molar-refractivity contribution is -0.117. The Labute approximate surface area is 145 Å². The van der Waals surface area contributed by atoms with Crippen LogP contribution in [-0.4, -0.2) is 51.4 Å². The fourth-order valence-corrected chi connectivity index (χ4v) is 3.50. The maximum absolute atomic E-state index is 11.8. The fraction of sp³-hybridized carbons (Fsp3) is 0.389. The molecule has 7 nitrogen and oxygen atoms in total. The number of benzene rings is 1. The van der Waals surface area contributed by atoms with Crippen LogP contribution in [0, 0.1) is 0 Å². The molecule has 4 rings (SSSR count). The molecule has 25 heavy (non-hydrogen) atoms. The van der Waals surface area contributed by atoms with Crippen molar-refractivity contribution in [1.82, 2.24) is 14.7 Å². The molecule has 0 spiro atoms. The van der Waals surface area contributed by atoms with Gasteiger partial charge in [0, 0.05) is 44.4 Å². The number of hydrogen-bond donors (Lipinski definition) is 1. The summed E-state index contributed by atoms with van der Waals surface area (Å²) < 4.78 is 1.84. The van der Waals surface area contributed by atoms with E-state index < -0.39 is 6.09 Å². The molecule has 1 saturated heterocycles. The number of carboxylic acid groups (broad SMARTS) is 1. The molecule has 2 aromatic rings. The topological polar surface area (TPSA) is 78.7 Å². The van der Waals surface area contributed by atoms with Gasteiger partial charge in [-0.15, -0.1) is 0 Å². The van der Waals surface area contributed by atoms with Crippen molar-refractivity contribution >= 4 is 17.7 Å². The van der Waals surface area contributed by atoms with Crippen LogP contribution in [0.2, 0.25) is 0 Å². The van der Waals surface area contributed by atoms with Crippen molar-refractivity contribution in [2.45, 2.75) is 25.7 Å². The molecule has 0 bridgehead atoms. The summed E-state index contributed by atoms with van der Waals surface area (Å²) in [4.78, 5) is 26.2. The van der Waals surface area contributed by atoms with Crippen molar-refractivity contribution < 1.29 is 14.7 Å². The Balaban J connectivity index is 1.53. The molecule has 3 heterocycles. The first kappa shape index (κ1) is 15.7. The number of anilines is 1. The number of carbonyl (C=O) groups excluding carboxylic acids is 1. The average molecular weight is 340 g/mol. The Kier molecular flexibility index (Phi) is 3.91. The van der Waals surface area contributed by atoms with E-state index in [1.807, 2.05) is 40.0 Å². The van der Waals surface area contributed by atoms with E-state index in [2.05, 4.69) is 5.10 Å². The van der Waals surface area contributed by atoms with Crippen LogP contribution in [0.15, 0.2) is 30.5 Å². The standard InChI is InChI=1S/C18H20N4O3/c23-17-2-1-9-21(17)14-3-5-15(6-4-14)22-12-13-7-10-20(18(24)25)11-8-16(13)19-22/h3-6,12H,1-2,7-11H2,(H,24,25). The van der Waals surface area contributed by atoms with E-state index in [-0.39, 0.29) is 5.91 Å². The van der Waals surface area contributed by atoms with E-state index in [0.717, 1.165) is 35.6 Å². The number of amides is 2.